The van der Waals surface area contributed by atoms with Crippen LogP contribution in [-0.4, -0.2) is 17.6 Å². The van der Waals surface area contributed by atoms with Gasteiger partial charge in [0.1, 0.15) is 5.76 Å². The van der Waals surface area contributed by atoms with Crippen molar-refractivity contribution in [3.05, 3.63) is 59.0 Å². The Kier molecular flexibility index (Phi) is 5.17. The summed E-state index contributed by atoms with van der Waals surface area (Å²) in [5.41, 5.74) is 2.24. The number of nitrogens with one attached hydrogen (secondary N) is 1. The first-order valence-electron chi connectivity index (χ1n) is 7.16. The Morgan fingerprint density at radius 2 is 2.05 bits per heavy atom. The topological polar surface area (TPSA) is 62.5 Å². The molecule has 1 aromatic carbocycles. The van der Waals surface area contributed by atoms with E-state index in [1.54, 1.807) is 13.0 Å². The molecule has 2 aromatic rings. The highest BCUT2D eigenvalue weighted by Crippen LogP contribution is 2.18. The average Bonchev–Trinajstić information content (AvgIpc) is 2.86. The zero-order chi connectivity index (χ0) is 15.2. The zero-order valence-electron chi connectivity index (χ0n) is 12.4. The standard InChI is InChI=1S/C17H21NO3/c1-12(14-6-4-3-5-7-14)8-9-18-11-15-10-16(17(19)20)21-13(15)2/h3-7,10,12,18H,8-9,11H2,1-2H3,(H,19,20). The molecule has 0 fully saturated rings. The van der Waals surface area contributed by atoms with Crippen LogP contribution in [0.3, 0.4) is 0 Å². The van der Waals surface area contributed by atoms with Crippen LogP contribution in [0.4, 0.5) is 0 Å². The average molecular weight is 287 g/mol. The third-order valence-electron chi connectivity index (χ3n) is 3.67. The molecule has 1 aromatic heterocycles. The van der Waals surface area contributed by atoms with Crippen molar-refractivity contribution in [1.82, 2.24) is 5.32 Å². The maximum atomic E-state index is 10.8. The minimum absolute atomic E-state index is 0.00181. The molecule has 0 saturated carbocycles. The molecule has 0 radical (unpaired) electrons. The first-order valence-corrected chi connectivity index (χ1v) is 7.16. The van der Waals surface area contributed by atoms with Crippen molar-refractivity contribution in [1.29, 1.82) is 0 Å². The van der Waals surface area contributed by atoms with E-state index >= 15 is 0 Å². The molecule has 4 nitrogen and oxygen atoms in total. The summed E-state index contributed by atoms with van der Waals surface area (Å²) in [5, 5.41) is 12.2. The van der Waals surface area contributed by atoms with Crippen LogP contribution in [0.25, 0.3) is 0 Å². The highest BCUT2D eigenvalue weighted by atomic mass is 16.4. The first-order chi connectivity index (χ1) is 10.1. The van der Waals surface area contributed by atoms with Crippen LogP contribution < -0.4 is 5.32 Å². The van der Waals surface area contributed by atoms with Gasteiger partial charge in [-0.3, -0.25) is 0 Å². The number of rotatable bonds is 7. The predicted molar refractivity (Wildman–Crippen MR) is 81.6 cm³/mol. The van der Waals surface area contributed by atoms with Crippen molar-refractivity contribution in [3.8, 4) is 0 Å². The SMILES string of the molecule is Cc1oc(C(=O)O)cc1CNCCC(C)c1ccccc1. The van der Waals surface area contributed by atoms with E-state index in [4.69, 9.17) is 9.52 Å². The molecule has 4 heteroatoms. The van der Waals surface area contributed by atoms with Gasteiger partial charge < -0.3 is 14.8 Å². The first kappa shape index (κ1) is 15.3. The fraction of sp³-hybridized carbons (Fsp3) is 0.353. The number of furan rings is 1. The van der Waals surface area contributed by atoms with Gasteiger partial charge >= 0.3 is 5.97 Å². The van der Waals surface area contributed by atoms with E-state index in [0.717, 1.165) is 18.5 Å². The van der Waals surface area contributed by atoms with Crippen LogP contribution >= 0.6 is 0 Å². The molecule has 1 atom stereocenters. The molecule has 0 aliphatic carbocycles. The summed E-state index contributed by atoms with van der Waals surface area (Å²) in [6, 6.07) is 12.0. The highest BCUT2D eigenvalue weighted by molar-refractivity contribution is 5.84. The van der Waals surface area contributed by atoms with Gasteiger partial charge in [-0.15, -0.1) is 0 Å². The molecule has 2 rings (SSSR count). The molecule has 0 saturated heterocycles. The Hall–Kier alpha value is -2.07. The number of carboxylic acid groups (broad SMARTS) is 1. The molecule has 1 unspecified atom stereocenters. The molecule has 112 valence electrons. The number of benzene rings is 1. The predicted octanol–water partition coefficient (Wildman–Crippen LogP) is 3.57. The number of carboxylic acids is 1. The lowest BCUT2D eigenvalue weighted by atomic mass is 9.98. The van der Waals surface area contributed by atoms with Crippen LogP contribution in [0.5, 0.6) is 0 Å². The van der Waals surface area contributed by atoms with Crippen molar-refractivity contribution in [2.45, 2.75) is 32.7 Å². The minimum Gasteiger partial charge on any atom is -0.475 e. The van der Waals surface area contributed by atoms with Gasteiger partial charge in [0.15, 0.2) is 0 Å². The summed E-state index contributed by atoms with van der Waals surface area (Å²) in [4.78, 5) is 10.8. The molecule has 0 spiro atoms. The second-order valence-corrected chi connectivity index (χ2v) is 5.27. The van der Waals surface area contributed by atoms with E-state index in [1.807, 2.05) is 6.07 Å². The van der Waals surface area contributed by atoms with Crippen LogP contribution in [0, 0.1) is 6.92 Å². The van der Waals surface area contributed by atoms with Crippen molar-refractivity contribution in [3.63, 3.8) is 0 Å². The van der Waals surface area contributed by atoms with Crippen LogP contribution in [-0.2, 0) is 6.54 Å². The van der Waals surface area contributed by atoms with Crippen molar-refractivity contribution < 1.29 is 14.3 Å². The van der Waals surface area contributed by atoms with Crippen molar-refractivity contribution >= 4 is 5.97 Å². The maximum absolute atomic E-state index is 10.8. The summed E-state index contributed by atoms with van der Waals surface area (Å²) >= 11 is 0. The van der Waals surface area contributed by atoms with E-state index in [2.05, 4.69) is 36.5 Å². The zero-order valence-corrected chi connectivity index (χ0v) is 12.4. The van der Waals surface area contributed by atoms with E-state index in [1.165, 1.54) is 5.56 Å². The maximum Gasteiger partial charge on any atom is 0.371 e. The summed E-state index contributed by atoms with van der Waals surface area (Å²) < 4.78 is 5.18. The van der Waals surface area contributed by atoms with Gasteiger partial charge in [-0.1, -0.05) is 37.3 Å². The molecule has 1 heterocycles. The quantitative estimate of drug-likeness (QED) is 0.764. The fourth-order valence-electron chi connectivity index (χ4n) is 2.29. The highest BCUT2D eigenvalue weighted by Gasteiger charge is 2.12. The van der Waals surface area contributed by atoms with Gasteiger partial charge in [0.25, 0.3) is 0 Å². The smallest absolute Gasteiger partial charge is 0.371 e. The summed E-state index contributed by atoms with van der Waals surface area (Å²) in [5.74, 6) is 0.138. The van der Waals surface area contributed by atoms with Gasteiger partial charge in [0, 0.05) is 12.1 Å². The van der Waals surface area contributed by atoms with Gasteiger partial charge in [0.2, 0.25) is 5.76 Å². The third kappa shape index (κ3) is 4.20. The van der Waals surface area contributed by atoms with Gasteiger partial charge in [-0.05, 0) is 37.4 Å². The normalized spacial score (nSPS) is 12.3. The Morgan fingerprint density at radius 3 is 2.67 bits per heavy atom. The second kappa shape index (κ2) is 7.09. The molecule has 0 aliphatic rings. The van der Waals surface area contributed by atoms with Crippen LogP contribution in [0.15, 0.2) is 40.8 Å². The van der Waals surface area contributed by atoms with Crippen molar-refractivity contribution in [2.24, 2.45) is 0 Å². The largest absolute Gasteiger partial charge is 0.475 e. The van der Waals surface area contributed by atoms with Crippen molar-refractivity contribution in [2.75, 3.05) is 6.54 Å². The molecule has 0 aliphatic heterocycles. The van der Waals surface area contributed by atoms with Crippen LogP contribution in [0.1, 0.15) is 46.7 Å². The Balaban J connectivity index is 1.78. The van der Waals surface area contributed by atoms with Gasteiger partial charge in [0.05, 0.1) is 0 Å². The Bertz CT molecular complexity index is 589. The lowest BCUT2D eigenvalue weighted by Crippen LogP contribution is -2.16. The summed E-state index contributed by atoms with van der Waals surface area (Å²) in [6.45, 7) is 5.51. The van der Waals surface area contributed by atoms with E-state index < -0.39 is 5.97 Å². The summed E-state index contributed by atoms with van der Waals surface area (Å²) in [7, 11) is 0. The van der Waals surface area contributed by atoms with Gasteiger partial charge in [-0.25, -0.2) is 4.79 Å². The number of aromatic carboxylic acids is 1. The Morgan fingerprint density at radius 1 is 1.33 bits per heavy atom. The number of hydrogen-bond acceptors (Lipinski definition) is 3. The molecule has 0 amide bonds. The van der Waals surface area contributed by atoms with E-state index in [9.17, 15) is 4.79 Å². The monoisotopic (exact) mass is 287 g/mol. The lowest BCUT2D eigenvalue weighted by Gasteiger charge is -2.12. The minimum atomic E-state index is -1.03. The van der Waals surface area contributed by atoms with Gasteiger partial charge in [-0.2, -0.15) is 0 Å². The number of aryl methyl sites for hydroxylation is 1. The molecule has 2 N–H and O–H groups in total. The third-order valence-corrected chi connectivity index (χ3v) is 3.67. The molecular formula is C17H21NO3. The summed E-state index contributed by atoms with van der Waals surface area (Å²) in [6.07, 6.45) is 1.03. The lowest BCUT2D eigenvalue weighted by molar-refractivity contribution is 0.0661. The number of hydrogen-bond donors (Lipinski definition) is 2. The fourth-order valence-corrected chi connectivity index (χ4v) is 2.29. The molecular weight excluding hydrogens is 266 g/mol. The Labute approximate surface area is 124 Å². The second-order valence-electron chi connectivity index (χ2n) is 5.27. The van der Waals surface area contributed by atoms with Crippen LogP contribution in [0.2, 0.25) is 0 Å². The van der Waals surface area contributed by atoms with E-state index in [-0.39, 0.29) is 5.76 Å². The number of carbonyl (C=O) groups is 1. The van der Waals surface area contributed by atoms with E-state index in [0.29, 0.717) is 18.2 Å². The molecule has 21 heavy (non-hydrogen) atoms. The molecule has 0 bridgehead atoms.